The Morgan fingerprint density at radius 1 is 0.304 bits per heavy atom. The van der Waals surface area contributed by atoms with E-state index in [2.05, 4.69) is 322 Å². The van der Waals surface area contributed by atoms with Gasteiger partial charge in [-0.25, -0.2) is 0 Å². The van der Waals surface area contributed by atoms with E-state index in [1.807, 2.05) is 122 Å². The standard InChI is InChI=1S/C22H24N2O.C22H29NO4.C21H24N2O.C21H28N2O.C20H23N3O.C20H25NO3/c1-22(2,3)18-9-6-16(7-10-18)8-13-21(25)24-19-11-12-20-17(15-19)5-4-14-23-20;1-22(2,3)16-10-7-15(8-11-16)9-12-20(24)23-17-13-18(25-4)21(27-6)19(14-17)26-5;1-21(2,3)17-7-4-15(5-8-17)6-11-20(24)23-18-9-10-19-16(14-18)12-13-22-19;1-21(2,3)17-12-9-16(10-13-17)11-14-20(24)22-18-7-6-8-19(15-18)23(4)5;1-20(2,3)16-8-4-14(5-9-16)6-11-19(24)22-17-10-7-15-13-21-23-18(15)12-17;1-20(2,3)15-8-5-14(6-9-15)7-12-19(23)21-16-10-11-18(24-4)17(22)13-16/h4-7,9-12,14-15H,8,13H2,1-3H3,(H,24,25);7-8,10-11,13-14H,9,12H2,1-6H3,(H,23,24);4-5,7-10,12-14,22H,6,11H2,1-3H3,(H,23,24);6-10,12-13,15H,11,14H2,1-5H3,(H,22,24);4-5,7-10,12-13H,6,11H2,1-3H3,(H,21,23)(H,22,24);5-6,8-11,13,22H,7,12H2,1-4H3,(H,21,23). The van der Waals surface area contributed by atoms with Crippen LogP contribution in [0, 0.1) is 0 Å². The fourth-order valence-electron chi connectivity index (χ4n) is 16.0. The number of aryl methyl sites for hydroxylation is 6. The van der Waals surface area contributed by atoms with Gasteiger partial charge in [-0.1, -0.05) is 282 Å². The number of fused-ring (bicyclic) bond motifs is 3. The second kappa shape index (κ2) is 53.2. The van der Waals surface area contributed by atoms with E-state index in [-0.39, 0.29) is 73.7 Å². The summed E-state index contributed by atoms with van der Waals surface area (Å²) >= 11 is 0. The van der Waals surface area contributed by atoms with Crippen molar-refractivity contribution in [2.75, 3.05) is 79.3 Å². The van der Waals surface area contributed by atoms with Crippen molar-refractivity contribution in [2.45, 2.75) is 234 Å². The Morgan fingerprint density at radius 3 is 0.973 bits per heavy atom. The molecule has 148 heavy (non-hydrogen) atoms. The summed E-state index contributed by atoms with van der Waals surface area (Å²) in [5, 5.41) is 37.3. The van der Waals surface area contributed by atoms with E-state index < -0.39 is 0 Å². The fraction of sp³-hybridized carbons (Fsp3) is 0.333. The van der Waals surface area contributed by atoms with Crippen molar-refractivity contribution in [1.82, 2.24) is 20.2 Å². The van der Waals surface area contributed by atoms with E-state index in [0.29, 0.717) is 85.7 Å². The number of H-pyrrole nitrogens is 2. The van der Waals surface area contributed by atoms with Crippen molar-refractivity contribution in [3.05, 3.63) is 358 Å². The Bertz CT molecular complexity index is 6680. The average Bonchev–Trinajstić information content (AvgIpc) is 1.45. The Balaban J connectivity index is 0.000000182. The van der Waals surface area contributed by atoms with Crippen LogP contribution in [0.4, 0.5) is 39.8 Å². The number of amides is 6. The van der Waals surface area contributed by atoms with Gasteiger partial charge < -0.3 is 65.8 Å². The predicted molar refractivity (Wildman–Crippen MR) is 610 cm³/mol. The number of aromatic nitrogens is 4. The molecule has 0 atom stereocenters. The van der Waals surface area contributed by atoms with E-state index >= 15 is 0 Å². The third kappa shape index (κ3) is 37.0. The lowest BCUT2D eigenvalue weighted by Gasteiger charge is -2.19. The second-order valence-electron chi connectivity index (χ2n) is 43.6. The number of nitrogens with one attached hydrogen (secondary N) is 8. The normalized spacial score (nSPS) is 11.4. The SMILES string of the molecule is CC(C)(C)c1ccc(CCC(=O)Nc2ccc3[nH]ccc3c2)cc1.CC(C)(C)c1ccc(CCC(=O)Nc2ccc3cn[nH]c3c2)cc1.CC(C)(C)c1ccc(CCC(=O)Nc2ccc3ncccc3c2)cc1.CN(C)c1cccc(NC(=O)CCc2ccc(C(C)(C)C)cc2)c1.COc1cc(NC(=O)CCc2ccc(C(C)(C)C)cc2)cc(OC)c1OC.COc1ccc(NC(=O)CCc2ccc(C(C)(C)C)cc2)cc1O. The molecule has 3 aromatic heterocycles. The molecule has 6 amide bonds. The maximum Gasteiger partial charge on any atom is 0.224 e. The topological polar surface area (TPSA) is 292 Å². The number of carbonyl (C=O) groups excluding carboxylic acids is 6. The van der Waals surface area contributed by atoms with Crippen LogP contribution in [-0.4, -0.2) is 103 Å². The Morgan fingerprint density at radius 2 is 0.628 bits per heavy atom. The number of carbonyl (C=O) groups is 6. The van der Waals surface area contributed by atoms with Crippen LogP contribution in [-0.2, 0) is 99.8 Å². The summed E-state index contributed by atoms with van der Waals surface area (Å²) in [5.41, 5.74) is 24.2. The van der Waals surface area contributed by atoms with Gasteiger partial charge in [-0.2, -0.15) is 5.10 Å². The number of phenolic OH excluding ortho intramolecular Hbond substituents is 1. The van der Waals surface area contributed by atoms with Crippen molar-refractivity contribution in [3.8, 4) is 28.7 Å². The van der Waals surface area contributed by atoms with Crippen molar-refractivity contribution >= 4 is 108 Å². The zero-order chi connectivity index (χ0) is 108. The number of hydrogen-bond acceptors (Lipinski definition) is 14. The molecule has 0 saturated carbocycles. The molecular weight excluding hydrogens is 1840 g/mol. The predicted octanol–water partition coefficient (Wildman–Crippen LogP) is 28.0. The molecule has 3 heterocycles. The minimum atomic E-state index is -0.0838. The van der Waals surface area contributed by atoms with Crippen LogP contribution in [0.25, 0.3) is 32.7 Å². The van der Waals surface area contributed by atoms with Gasteiger partial charge in [0.1, 0.15) is 0 Å². The van der Waals surface area contributed by atoms with Crippen LogP contribution >= 0.6 is 0 Å². The lowest BCUT2D eigenvalue weighted by Crippen LogP contribution is -2.14. The molecule has 0 unspecified atom stereocenters. The van der Waals surface area contributed by atoms with Crippen LogP contribution in [0.15, 0.2) is 292 Å². The highest BCUT2D eigenvalue weighted by atomic mass is 16.5. The minimum Gasteiger partial charge on any atom is -0.504 e. The number of anilines is 7. The zero-order valence-corrected chi connectivity index (χ0v) is 91.1. The maximum atomic E-state index is 12.3. The van der Waals surface area contributed by atoms with Crippen LogP contribution in [0.5, 0.6) is 28.7 Å². The van der Waals surface area contributed by atoms with Crippen molar-refractivity contribution in [2.24, 2.45) is 0 Å². The van der Waals surface area contributed by atoms with Gasteiger partial charge in [0.05, 0.1) is 45.7 Å². The Kier molecular flexibility index (Phi) is 41.2. The Labute approximate surface area is 876 Å². The average molecular weight is 2000 g/mol. The van der Waals surface area contributed by atoms with E-state index in [1.165, 1.54) is 68.8 Å². The number of aromatic hydroxyl groups is 1. The summed E-state index contributed by atoms with van der Waals surface area (Å²) in [5.74, 6) is 1.89. The van der Waals surface area contributed by atoms with Gasteiger partial charge in [0.25, 0.3) is 0 Å². The van der Waals surface area contributed by atoms with Crippen molar-refractivity contribution in [3.63, 3.8) is 0 Å². The number of methoxy groups -OCH3 is 4. The molecule has 0 bridgehead atoms. The van der Waals surface area contributed by atoms with Crippen molar-refractivity contribution < 1.29 is 52.8 Å². The lowest BCUT2D eigenvalue weighted by molar-refractivity contribution is -0.117. The van der Waals surface area contributed by atoms with Crippen LogP contribution in [0.1, 0.15) is 230 Å². The first-order valence-electron chi connectivity index (χ1n) is 50.7. The van der Waals surface area contributed by atoms with Crippen LogP contribution in [0.2, 0.25) is 0 Å². The molecule has 0 fully saturated rings. The lowest BCUT2D eigenvalue weighted by atomic mass is 9.86. The largest absolute Gasteiger partial charge is 0.504 e. The first-order chi connectivity index (χ1) is 70.1. The monoisotopic (exact) mass is 2000 g/mol. The maximum absolute atomic E-state index is 12.3. The molecule has 778 valence electrons. The third-order valence-electron chi connectivity index (χ3n) is 25.3. The molecule has 0 spiro atoms. The van der Waals surface area contributed by atoms with Gasteiger partial charge in [-0.05, 0) is 235 Å². The summed E-state index contributed by atoms with van der Waals surface area (Å²) in [7, 11) is 10.1. The molecule has 0 saturated heterocycles. The number of benzene rings is 12. The van der Waals surface area contributed by atoms with Gasteiger partial charge in [0, 0.05) is 145 Å². The van der Waals surface area contributed by atoms with Gasteiger partial charge in [-0.15, -0.1) is 0 Å². The van der Waals surface area contributed by atoms with Gasteiger partial charge in [0.2, 0.25) is 41.2 Å². The zero-order valence-electron chi connectivity index (χ0n) is 91.1. The highest BCUT2D eigenvalue weighted by Gasteiger charge is 2.23. The highest BCUT2D eigenvalue weighted by molar-refractivity contribution is 5.97. The Hall–Kier alpha value is -15.3. The van der Waals surface area contributed by atoms with Crippen LogP contribution in [0.3, 0.4) is 0 Å². The number of hydrogen-bond donors (Lipinski definition) is 9. The number of phenols is 1. The molecule has 9 N–H and O–H groups in total. The molecule has 22 heteroatoms. The molecule has 0 radical (unpaired) electrons. The van der Waals surface area contributed by atoms with E-state index in [4.69, 9.17) is 18.9 Å². The molecule has 0 aliphatic rings. The van der Waals surface area contributed by atoms with Gasteiger partial charge in [-0.3, -0.25) is 38.8 Å². The second-order valence-corrected chi connectivity index (χ2v) is 43.6. The van der Waals surface area contributed by atoms with Gasteiger partial charge in [0.15, 0.2) is 23.0 Å². The van der Waals surface area contributed by atoms with Crippen LogP contribution < -0.4 is 55.7 Å². The number of nitrogens with zero attached hydrogens (tertiary/aromatic N) is 3. The minimum absolute atomic E-state index is 0.00747. The smallest absolute Gasteiger partial charge is 0.224 e. The van der Waals surface area contributed by atoms with Crippen molar-refractivity contribution in [1.29, 1.82) is 0 Å². The molecule has 15 rings (SSSR count). The molecule has 22 nitrogen and oxygen atoms in total. The first-order valence-corrected chi connectivity index (χ1v) is 50.7. The molecule has 0 aliphatic heterocycles. The number of aromatic amines is 2. The summed E-state index contributed by atoms with van der Waals surface area (Å²) in [4.78, 5) is 82.6. The summed E-state index contributed by atoms with van der Waals surface area (Å²) < 4.78 is 20.9. The molecule has 0 aliphatic carbocycles. The van der Waals surface area contributed by atoms with E-state index in [1.54, 1.807) is 58.0 Å². The number of rotatable bonds is 29. The number of pyridine rings is 1. The number of ether oxygens (including phenoxy) is 4. The summed E-state index contributed by atoms with van der Waals surface area (Å²) in [6, 6.07) is 90.5. The molecule has 12 aromatic carbocycles. The molecular formula is C126H153N11O11. The van der Waals surface area contributed by atoms with E-state index in [9.17, 15) is 33.9 Å². The third-order valence-corrected chi connectivity index (χ3v) is 25.3. The quantitative estimate of drug-likeness (QED) is 0.0211. The summed E-state index contributed by atoms with van der Waals surface area (Å²) in [6.07, 6.45) is 12.5. The highest BCUT2D eigenvalue weighted by Crippen LogP contribution is 2.41. The first kappa shape index (κ1) is 115. The van der Waals surface area contributed by atoms with E-state index in [0.717, 1.165) is 98.0 Å². The fourth-order valence-corrected chi connectivity index (χ4v) is 16.0. The molecule has 15 aromatic rings. The summed E-state index contributed by atoms with van der Waals surface area (Å²) in [6.45, 7) is 39.5. The van der Waals surface area contributed by atoms with Gasteiger partial charge >= 0.3 is 0 Å².